The Balaban J connectivity index is 1.91. The number of ether oxygens (including phenoxy) is 1. The van der Waals surface area contributed by atoms with Gasteiger partial charge in [0.25, 0.3) is 0 Å². The van der Waals surface area contributed by atoms with Gasteiger partial charge in [0.15, 0.2) is 0 Å². The summed E-state index contributed by atoms with van der Waals surface area (Å²) in [5.41, 5.74) is 0.984. The normalized spacial score (nSPS) is 14.7. The highest BCUT2D eigenvalue weighted by Gasteiger charge is 2.02. The molecule has 0 amide bonds. The molecule has 0 fully saturated rings. The van der Waals surface area contributed by atoms with Crippen molar-refractivity contribution in [2.75, 3.05) is 0 Å². The van der Waals surface area contributed by atoms with Crippen molar-refractivity contribution in [2.24, 2.45) is 0 Å². The predicted octanol–water partition coefficient (Wildman–Crippen LogP) is 3.48. The van der Waals surface area contributed by atoms with Gasteiger partial charge in [0.1, 0.15) is 5.76 Å². The molecule has 1 aromatic carbocycles. The molecule has 2 rings (SSSR count). The molecule has 0 saturated carbocycles. The number of carbonyl (C=O) groups is 1. The van der Waals surface area contributed by atoms with Crippen molar-refractivity contribution in [1.29, 1.82) is 0 Å². The summed E-state index contributed by atoms with van der Waals surface area (Å²) < 4.78 is 5.16. The molecular weight excluding hydrogens is 212 g/mol. The molecule has 17 heavy (non-hydrogen) atoms. The molecule has 0 unspecified atom stereocenters. The van der Waals surface area contributed by atoms with Crippen molar-refractivity contribution >= 4 is 12.0 Å². The first-order chi connectivity index (χ1) is 8.34. The van der Waals surface area contributed by atoms with Gasteiger partial charge in [0, 0.05) is 6.08 Å². The third-order valence-corrected chi connectivity index (χ3v) is 2.39. The molecule has 1 aliphatic rings. The van der Waals surface area contributed by atoms with Crippen molar-refractivity contribution in [3.8, 4) is 0 Å². The Morgan fingerprint density at radius 2 is 2.00 bits per heavy atom. The summed E-state index contributed by atoms with van der Waals surface area (Å²) in [6.45, 7) is 0. The number of allylic oxidation sites excluding steroid dienone is 3. The maximum atomic E-state index is 11.5. The van der Waals surface area contributed by atoms with Gasteiger partial charge in [-0.3, -0.25) is 0 Å². The molecule has 0 radical (unpaired) electrons. The maximum absolute atomic E-state index is 11.5. The van der Waals surface area contributed by atoms with E-state index in [1.807, 2.05) is 48.6 Å². The maximum Gasteiger partial charge on any atom is 0.336 e. The van der Waals surface area contributed by atoms with Gasteiger partial charge < -0.3 is 4.74 Å². The summed E-state index contributed by atoms with van der Waals surface area (Å²) in [5, 5.41) is 0. The zero-order valence-electron chi connectivity index (χ0n) is 9.50. The highest BCUT2D eigenvalue weighted by molar-refractivity contribution is 5.87. The highest BCUT2D eigenvalue weighted by atomic mass is 16.5. The summed E-state index contributed by atoms with van der Waals surface area (Å²) in [6, 6.07) is 9.66. The van der Waals surface area contributed by atoms with Crippen LogP contribution in [0.2, 0.25) is 0 Å². The van der Waals surface area contributed by atoms with Crippen LogP contribution in [0, 0.1) is 0 Å². The first-order valence-electron chi connectivity index (χ1n) is 5.66. The molecule has 2 heteroatoms. The molecule has 1 aromatic rings. The number of rotatable bonds is 3. The predicted molar refractivity (Wildman–Crippen MR) is 68.0 cm³/mol. The van der Waals surface area contributed by atoms with Gasteiger partial charge in [-0.05, 0) is 36.6 Å². The summed E-state index contributed by atoms with van der Waals surface area (Å²) >= 11 is 0. The monoisotopic (exact) mass is 226 g/mol. The Kier molecular flexibility index (Phi) is 3.92. The van der Waals surface area contributed by atoms with Crippen molar-refractivity contribution in [2.45, 2.75) is 12.8 Å². The SMILES string of the molecule is O=C(/C=C/c1ccccc1)OC1=CCCC=C1. The third kappa shape index (κ3) is 3.76. The Bertz CT molecular complexity index is 467. The lowest BCUT2D eigenvalue weighted by Crippen LogP contribution is -2.00. The number of carbonyl (C=O) groups excluding carboxylic acids is 1. The van der Waals surface area contributed by atoms with Gasteiger partial charge in [-0.25, -0.2) is 4.79 Å². The molecule has 0 heterocycles. The van der Waals surface area contributed by atoms with Gasteiger partial charge in [0.2, 0.25) is 0 Å². The van der Waals surface area contributed by atoms with E-state index in [9.17, 15) is 4.79 Å². The fourth-order valence-corrected chi connectivity index (χ4v) is 1.54. The van der Waals surface area contributed by atoms with Gasteiger partial charge in [0.05, 0.1) is 0 Å². The molecule has 2 nitrogen and oxygen atoms in total. The van der Waals surface area contributed by atoms with Crippen LogP contribution in [-0.2, 0) is 9.53 Å². The van der Waals surface area contributed by atoms with Crippen molar-refractivity contribution in [3.05, 3.63) is 66.0 Å². The average Bonchev–Trinajstić information content (AvgIpc) is 2.39. The number of hydrogen-bond acceptors (Lipinski definition) is 2. The molecule has 0 N–H and O–H groups in total. The Labute approximate surface area is 101 Å². The molecule has 0 aromatic heterocycles. The highest BCUT2D eigenvalue weighted by Crippen LogP contribution is 2.11. The standard InChI is InChI=1S/C15H14O2/c16-15(17-14-9-5-2-6-10-14)12-11-13-7-3-1-4-8-13/h1,3-5,7-12H,2,6H2/b12-11+. The summed E-state index contributed by atoms with van der Waals surface area (Å²) in [7, 11) is 0. The summed E-state index contributed by atoms with van der Waals surface area (Å²) in [6.07, 6.45) is 10.9. The second-order valence-electron chi connectivity index (χ2n) is 3.75. The van der Waals surface area contributed by atoms with Crippen LogP contribution in [0.25, 0.3) is 6.08 Å². The molecule has 0 bridgehead atoms. The second kappa shape index (κ2) is 5.85. The largest absolute Gasteiger partial charge is 0.424 e. The van der Waals surface area contributed by atoms with Crippen molar-refractivity contribution < 1.29 is 9.53 Å². The molecular formula is C15H14O2. The first kappa shape index (κ1) is 11.4. The van der Waals surface area contributed by atoms with Gasteiger partial charge in [-0.1, -0.05) is 36.4 Å². The minimum Gasteiger partial charge on any atom is -0.424 e. The van der Waals surface area contributed by atoms with E-state index >= 15 is 0 Å². The number of esters is 1. The molecule has 0 spiro atoms. The van der Waals surface area contributed by atoms with Crippen LogP contribution in [0.5, 0.6) is 0 Å². The van der Waals surface area contributed by atoms with Crippen LogP contribution >= 0.6 is 0 Å². The Morgan fingerprint density at radius 3 is 2.71 bits per heavy atom. The lowest BCUT2D eigenvalue weighted by molar-refractivity contribution is -0.133. The third-order valence-electron chi connectivity index (χ3n) is 2.39. The van der Waals surface area contributed by atoms with E-state index in [1.165, 1.54) is 6.08 Å². The van der Waals surface area contributed by atoms with Crippen LogP contribution in [0.15, 0.2) is 60.4 Å². The quantitative estimate of drug-likeness (QED) is 0.582. The van der Waals surface area contributed by atoms with Crippen molar-refractivity contribution in [3.63, 3.8) is 0 Å². The summed E-state index contributed by atoms with van der Waals surface area (Å²) in [5.74, 6) is 0.297. The first-order valence-corrected chi connectivity index (χ1v) is 5.66. The lowest BCUT2D eigenvalue weighted by Gasteiger charge is -2.05. The van der Waals surface area contributed by atoms with Crippen LogP contribution < -0.4 is 0 Å². The van der Waals surface area contributed by atoms with Crippen molar-refractivity contribution in [1.82, 2.24) is 0 Å². The number of hydrogen-bond donors (Lipinski definition) is 0. The van der Waals surface area contributed by atoms with E-state index in [0.29, 0.717) is 5.76 Å². The van der Waals surface area contributed by atoms with E-state index in [4.69, 9.17) is 4.74 Å². The molecule has 86 valence electrons. The zero-order valence-corrected chi connectivity index (χ0v) is 9.50. The fourth-order valence-electron chi connectivity index (χ4n) is 1.54. The smallest absolute Gasteiger partial charge is 0.336 e. The van der Waals surface area contributed by atoms with Gasteiger partial charge >= 0.3 is 5.97 Å². The van der Waals surface area contributed by atoms with E-state index in [1.54, 1.807) is 6.08 Å². The molecule has 0 saturated heterocycles. The molecule has 0 aliphatic heterocycles. The second-order valence-corrected chi connectivity index (χ2v) is 3.75. The van der Waals surface area contributed by atoms with E-state index in [-0.39, 0.29) is 5.97 Å². The Hall–Kier alpha value is -2.09. The van der Waals surface area contributed by atoms with Crippen LogP contribution in [0.1, 0.15) is 18.4 Å². The average molecular weight is 226 g/mol. The van der Waals surface area contributed by atoms with Crippen LogP contribution in [-0.4, -0.2) is 5.97 Å². The molecule has 0 atom stereocenters. The topological polar surface area (TPSA) is 26.3 Å². The van der Waals surface area contributed by atoms with Crippen LogP contribution in [0.4, 0.5) is 0 Å². The zero-order chi connectivity index (χ0) is 11.9. The number of benzene rings is 1. The van der Waals surface area contributed by atoms with E-state index in [2.05, 4.69) is 0 Å². The molecule has 1 aliphatic carbocycles. The lowest BCUT2D eigenvalue weighted by atomic mass is 10.2. The van der Waals surface area contributed by atoms with Gasteiger partial charge in [-0.2, -0.15) is 0 Å². The minimum atomic E-state index is -0.341. The van der Waals surface area contributed by atoms with E-state index in [0.717, 1.165) is 18.4 Å². The Morgan fingerprint density at radius 1 is 1.18 bits per heavy atom. The van der Waals surface area contributed by atoms with Gasteiger partial charge in [-0.15, -0.1) is 0 Å². The summed E-state index contributed by atoms with van der Waals surface area (Å²) in [4.78, 5) is 11.5. The van der Waals surface area contributed by atoms with Crippen LogP contribution in [0.3, 0.4) is 0 Å². The fraction of sp³-hybridized carbons (Fsp3) is 0.133. The minimum absolute atomic E-state index is 0.341. The van der Waals surface area contributed by atoms with E-state index < -0.39 is 0 Å².